The third-order valence-electron chi connectivity index (χ3n) is 6.69. The molecule has 2 aliphatic rings. The number of carbonyl (C=O) groups is 2. The van der Waals surface area contributed by atoms with Crippen LogP contribution in [-0.2, 0) is 32.6 Å². The van der Waals surface area contributed by atoms with Gasteiger partial charge in [0.25, 0.3) is 0 Å². The molecule has 4 rings (SSSR count). The van der Waals surface area contributed by atoms with Gasteiger partial charge in [-0.15, -0.1) is 0 Å². The summed E-state index contributed by atoms with van der Waals surface area (Å²) in [5, 5.41) is 15.6. The predicted molar refractivity (Wildman–Crippen MR) is 131 cm³/mol. The summed E-state index contributed by atoms with van der Waals surface area (Å²) in [6.45, 7) is 1.79. The summed E-state index contributed by atoms with van der Waals surface area (Å²) >= 11 is 0. The Morgan fingerprint density at radius 1 is 1.17 bits per heavy atom. The number of unbranched alkanes of at least 4 members (excludes halogenated alkanes) is 1. The molecular weight excluding hydrogens is 448 g/mol. The summed E-state index contributed by atoms with van der Waals surface area (Å²) < 4.78 is 10.8. The van der Waals surface area contributed by atoms with Crippen molar-refractivity contribution in [1.82, 2.24) is 15.3 Å². The molecule has 9 heteroatoms. The smallest absolute Gasteiger partial charge is 0.326 e. The Morgan fingerprint density at radius 2 is 2.03 bits per heavy atom. The third kappa shape index (κ3) is 6.28. The average Bonchev–Trinajstić information content (AvgIpc) is 3.69. The van der Waals surface area contributed by atoms with Gasteiger partial charge in [-0.2, -0.15) is 0 Å². The molecular formula is C26H34N4O5. The number of carbonyl (C=O) groups excluding carboxylic acids is 1. The molecule has 35 heavy (non-hydrogen) atoms. The van der Waals surface area contributed by atoms with Crippen molar-refractivity contribution in [2.45, 2.75) is 62.8 Å². The maximum atomic E-state index is 12.9. The van der Waals surface area contributed by atoms with Crippen molar-refractivity contribution < 1.29 is 24.2 Å². The van der Waals surface area contributed by atoms with Crippen molar-refractivity contribution in [1.29, 1.82) is 0 Å². The van der Waals surface area contributed by atoms with Crippen molar-refractivity contribution in [3.8, 4) is 5.88 Å². The Labute approximate surface area is 205 Å². The number of aliphatic carboxylic acids is 1. The Hall–Kier alpha value is -3.20. The van der Waals surface area contributed by atoms with Crippen LogP contribution < -0.4 is 15.4 Å². The van der Waals surface area contributed by atoms with E-state index < -0.39 is 17.4 Å². The number of aromatic nitrogens is 2. The van der Waals surface area contributed by atoms with Crippen molar-refractivity contribution >= 4 is 17.7 Å². The van der Waals surface area contributed by atoms with Crippen LogP contribution in [0.4, 0.5) is 5.82 Å². The highest BCUT2D eigenvalue weighted by atomic mass is 16.5. The van der Waals surface area contributed by atoms with Crippen molar-refractivity contribution in [2.75, 3.05) is 32.2 Å². The Bertz CT molecular complexity index is 1040. The summed E-state index contributed by atoms with van der Waals surface area (Å²) in [6, 6.07) is 8.55. The summed E-state index contributed by atoms with van der Waals surface area (Å²) in [6.07, 6.45) is 6.40. The molecule has 9 nitrogen and oxygen atoms in total. The van der Waals surface area contributed by atoms with E-state index in [9.17, 15) is 14.7 Å². The Balaban J connectivity index is 1.17. The van der Waals surface area contributed by atoms with Gasteiger partial charge < -0.3 is 25.2 Å². The predicted octanol–water partition coefficient (Wildman–Crippen LogP) is 2.87. The molecule has 0 bridgehead atoms. The normalized spacial score (nSPS) is 16.5. The molecule has 1 saturated carbocycles. The van der Waals surface area contributed by atoms with E-state index in [0.29, 0.717) is 31.0 Å². The van der Waals surface area contributed by atoms with Crippen LogP contribution in [0.25, 0.3) is 0 Å². The van der Waals surface area contributed by atoms with Crippen LogP contribution in [0, 0.1) is 0 Å². The molecule has 0 radical (unpaired) electrons. The lowest BCUT2D eigenvalue weighted by atomic mass is 9.99. The number of amides is 1. The maximum Gasteiger partial charge on any atom is 0.326 e. The van der Waals surface area contributed by atoms with E-state index >= 15 is 0 Å². The van der Waals surface area contributed by atoms with Crippen LogP contribution in [0.15, 0.2) is 30.3 Å². The summed E-state index contributed by atoms with van der Waals surface area (Å²) in [7, 11) is 1.52. The fourth-order valence-electron chi connectivity index (χ4n) is 4.39. The van der Waals surface area contributed by atoms with Crippen LogP contribution in [0.2, 0.25) is 0 Å². The molecule has 2 aromatic rings. The fourth-order valence-corrected chi connectivity index (χ4v) is 4.39. The Kier molecular flexibility index (Phi) is 8.17. The standard InChI is InChI=1S/C26H34N4O5/c1-34-22-9-4-8-21(30-22)26(13-14-26)25(33)29-20(24(31)32)12-17-35-16-3-2-7-19-11-10-18-6-5-15-27-23(18)28-19/h4,8-11,20H,2-3,5-7,12-17H2,1H3,(H,27,28)(H,29,33)(H,31,32). The zero-order valence-electron chi connectivity index (χ0n) is 20.2. The number of hydrogen-bond acceptors (Lipinski definition) is 7. The van der Waals surface area contributed by atoms with Gasteiger partial charge in [0.1, 0.15) is 11.9 Å². The molecule has 1 amide bonds. The van der Waals surface area contributed by atoms with Crippen LogP contribution in [-0.4, -0.2) is 59.9 Å². The van der Waals surface area contributed by atoms with Gasteiger partial charge in [0, 0.05) is 37.9 Å². The number of ether oxygens (including phenoxy) is 2. The van der Waals surface area contributed by atoms with Crippen LogP contribution in [0.3, 0.4) is 0 Å². The molecule has 3 N–H and O–H groups in total. The third-order valence-corrected chi connectivity index (χ3v) is 6.69. The van der Waals surface area contributed by atoms with Gasteiger partial charge in [0.2, 0.25) is 11.8 Å². The number of anilines is 1. The summed E-state index contributed by atoms with van der Waals surface area (Å²) in [5.74, 6) is 0.0758. The molecule has 2 aromatic heterocycles. The quantitative estimate of drug-likeness (QED) is 0.373. The first-order valence-electron chi connectivity index (χ1n) is 12.4. The van der Waals surface area contributed by atoms with E-state index in [1.54, 1.807) is 18.2 Å². The second-order valence-electron chi connectivity index (χ2n) is 9.21. The van der Waals surface area contributed by atoms with Gasteiger partial charge in [-0.3, -0.25) is 4.79 Å². The minimum absolute atomic E-state index is 0.209. The maximum absolute atomic E-state index is 12.9. The lowest BCUT2D eigenvalue weighted by molar-refractivity contribution is -0.142. The monoisotopic (exact) mass is 482 g/mol. The van der Waals surface area contributed by atoms with E-state index in [2.05, 4.69) is 27.8 Å². The van der Waals surface area contributed by atoms with E-state index in [1.165, 1.54) is 12.7 Å². The first kappa shape index (κ1) is 24.9. The highest BCUT2D eigenvalue weighted by Crippen LogP contribution is 2.48. The number of rotatable bonds is 13. The zero-order valence-corrected chi connectivity index (χ0v) is 20.2. The lowest BCUT2D eigenvalue weighted by Gasteiger charge is -2.20. The number of hydrogen-bond donors (Lipinski definition) is 3. The number of methoxy groups -OCH3 is 1. The molecule has 1 unspecified atom stereocenters. The fraction of sp³-hybridized carbons (Fsp3) is 0.538. The molecule has 0 spiro atoms. The molecule has 0 saturated heterocycles. The second-order valence-corrected chi connectivity index (χ2v) is 9.21. The van der Waals surface area contributed by atoms with Gasteiger partial charge in [-0.25, -0.2) is 14.8 Å². The van der Waals surface area contributed by atoms with Gasteiger partial charge in [0.15, 0.2) is 0 Å². The number of pyridine rings is 2. The van der Waals surface area contributed by atoms with Gasteiger partial charge in [-0.1, -0.05) is 12.1 Å². The van der Waals surface area contributed by atoms with Gasteiger partial charge in [-0.05, 0) is 62.6 Å². The second kappa shape index (κ2) is 11.5. The van der Waals surface area contributed by atoms with E-state index in [-0.39, 0.29) is 18.9 Å². The van der Waals surface area contributed by atoms with E-state index in [0.717, 1.165) is 50.2 Å². The van der Waals surface area contributed by atoms with Crippen LogP contribution in [0.1, 0.15) is 55.5 Å². The first-order chi connectivity index (χ1) is 17.0. The lowest BCUT2D eigenvalue weighted by Crippen LogP contribution is -2.46. The van der Waals surface area contributed by atoms with Crippen molar-refractivity contribution in [3.63, 3.8) is 0 Å². The minimum atomic E-state index is -1.07. The van der Waals surface area contributed by atoms with Gasteiger partial charge in [0.05, 0.1) is 18.2 Å². The number of nitrogens with zero attached hydrogens (tertiary/aromatic N) is 2. The van der Waals surface area contributed by atoms with E-state index in [1.807, 2.05) is 0 Å². The topological polar surface area (TPSA) is 123 Å². The number of fused-ring (bicyclic) bond motifs is 1. The summed E-state index contributed by atoms with van der Waals surface area (Å²) in [5.41, 5.74) is 2.20. The average molecular weight is 483 g/mol. The minimum Gasteiger partial charge on any atom is -0.481 e. The van der Waals surface area contributed by atoms with Gasteiger partial charge >= 0.3 is 5.97 Å². The molecule has 1 aliphatic heterocycles. The number of nitrogens with one attached hydrogen (secondary N) is 2. The highest BCUT2D eigenvalue weighted by molar-refractivity contribution is 5.93. The Morgan fingerprint density at radius 3 is 2.80 bits per heavy atom. The van der Waals surface area contributed by atoms with Crippen molar-refractivity contribution in [3.05, 3.63) is 47.3 Å². The molecule has 1 atom stereocenters. The first-order valence-corrected chi connectivity index (χ1v) is 12.4. The molecule has 1 aliphatic carbocycles. The SMILES string of the molecule is COc1cccc(C2(C(=O)NC(CCOCCCCc3ccc4c(n3)NCCC4)C(=O)O)CC2)n1. The van der Waals surface area contributed by atoms with Crippen LogP contribution in [0.5, 0.6) is 5.88 Å². The summed E-state index contributed by atoms with van der Waals surface area (Å²) in [4.78, 5) is 33.7. The van der Waals surface area contributed by atoms with E-state index in [4.69, 9.17) is 14.5 Å². The molecule has 0 aromatic carbocycles. The van der Waals surface area contributed by atoms with Crippen molar-refractivity contribution in [2.24, 2.45) is 0 Å². The largest absolute Gasteiger partial charge is 0.481 e. The number of carboxylic acids is 1. The molecule has 1 fully saturated rings. The molecule has 188 valence electrons. The number of carboxylic acid groups (broad SMARTS) is 1. The highest BCUT2D eigenvalue weighted by Gasteiger charge is 2.53. The van der Waals surface area contributed by atoms with Crippen LogP contribution >= 0.6 is 0 Å². The molecule has 3 heterocycles. The zero-order chi connectivity index (χ0) is 24.7. The number of aryl methyl sites for hydroxylation is 2.